The summed E-state index contributed by atoms with van der Waals surface area (Å²) in [4.78, 5) is 19.5. The monoisotopic (exact) mass is 301 g/mol. The van der Waals surface area contributed by atoms with Crippen LogP contribution < -0.4 is 5.56 Å². The fraction of sp³-hybridized carbons (Fsp3) is 0.529. The Morgan fingerprint density at radius 2 is 2.09 bits per heavy atom. The van der Waals surface area contributed by atoms with Crippen LogP contribution in [0, 0.1) is 0 Å². The molecular formula is C17H23N3O2. The molecule has 2 aromatic rings. The summed E-state index contributed by atoms with van der Waals surface area (Å²) >= 11 is 0. The van der Waals surface area contributed by atoms with Crippen molar-refractivity contribution in [2.24, 2.45) is 7.05 Å². The van der Waals surface area contributed by atoms with Gasteiger partial charge in [-0.15, -0.1) is 0 Å². The SMILES string of the molecule is C[C@@H]1CN(Cc2nc3ccccc3c(=O)n2C)C(C)(C)CO1. The fourth-order valence-electron chi connectivity index (χ4n) is 2.90. The minimum atomic E-state index is -0.0596. The molecule has 1 aromatic heterocycles. The lowest BCUT2D eigenvalue weighted by Crippen LogP contribution is -2.55. The Labute approximate surface area is 130 Å². The molecule has 0 unspecified atom stereocenters. The topological polar surface area (TPSA) is 47.4 Å². The van der Waals surface area contributed by atoms with Gasteiger partial charge in [0.05, 0.1) is 30.2 Å². The van der Waals surface area contributed by atoms with E-state index >= 15 is 0 Å². The Bertz CT molecular complexity index is 751. The Morgan fingerprint density at radius 1 is 1.36 bits per heavy atom. The minimum Gasteiger partial charge on any atom is -0.375 e. The molecule has 1 saturated heterocycles. The number of aromatic nitrogens is 2. The molecule has 0 saturated carbocycles. The van der Waals surface area contributed by atoms with E-state index in [1.165, 1.54) is 0 Å². The summed E-state index contributed by atoms with van der Waals surface area (Å²) in [5.74, 6) is 0.797. The van der Waals surface area contributed by atoms with Gasteiger partial charge >= 0.3 is 0 Å². The van der Waals surface area contributed by atoms with Gasteiger partial charge in [-0.25, -0.2) is 4.98 Å². The lowest BCUT2D eigenvalue weighted by molar-refractivity contribution is -0.0960. The van der Waals surface area contributed by atoms with Crippen molar-refractivity contribution < 1.29 is 4.74 Å². The maximum Gasteiger partial charge on any atom is 0.261 e. The first-order valence-corrected chi connectivity index (χ1v) is 7.70. The van der Waals surface area contributed by atoms with Gasteiger partial charge in [-0.05, 0) is 32.9 Å². The Morgan fingerprint density at radius 3 is 2.86 bits per heavy atom. The Balaban J connectivity index is 2.00. The van der Waals surface area contributed by atoms with Crippen LogP contribution in [0.15, 0.2) is 29.1 Å². The number of nitrogens with zero attached hydrogens (tertiary/aromatic N) is 3. The van der Waals surface area contributed by atoms with E-state index in [9.17, 15) is 4.79 Å². The van der Waals surface area contributed by atoms with Crippen LogP contribution in [0.4, 0.5) is 0 Å². The van der Waals surface area contributed by atoms with Crippen LogP contribution in [0.2, 0.25) is 0 Å². The summed E-state index contributed by atoms with van der Waals surface area (Å²) in [6.07, 6.45) is 0.200. The number of hydrogen-bond acceptors (Lipinski definition) is 4. The lowest BCUT2D eigenvalue weighted by Gasteiger charge is -2.44. The summed E-state index contributed by atoms with van der Waals surface area (Å²) in [7, 11) is 1.80. The molecule has 0 bridgehead atoms. The molecule has 5 nitrogen and oxygen atoms in total. The third-order valence-corrected chi connectivity index (χ3v) is 4.46. The van der Waals surface area contributed by atoms with Gasteiger partial charge in [-0.1, -0.05) is 12.1 Å². The molecule has 118 valence electrons. The molecule has 0 radical (unpaired) electrons. The number of hydrogen-bond donors (Lipinski definition) is 0. The first-order chi connectivity index (χ1) is 10.4. The highest BCUT2D eigenvalue weighted by atomic mass is 16.5. The molecule has 22 heavy (non-hydrogen) atoms. The van der Waals surface area contributed by atoms with Crippen molar-refractivity contribution >= 4 is 10.9 Å². The summed E-state index contributed by atoms with van der Waals surface area (Å²) < 4.78 is 7.42. The summed E-state index contributed by atoms with van der Waals surface area (Å²) in [6.45, 7) is 8.59. The zero-order chi connectivity index (χ0) is 15.9. The number of morpholine rings is 1. The molecular weight excluding hydrogens is 278 g/mol. The van der Waals surface area contributed by atoms with Crippen LogP contribution in [0.3, 0.4) is 0 Å². The summed E-state index contributed by atoms with van der Waals surface area (Å²) in [5.41, 5.74) is 0.718. The molecule has 3 rings (SSSR count). The lowest BCUT2D eigenvalue weighted by atomic mass is 10.0. The van der Waals surface area contributed by atoms with Crippen molar-refractivity contribution in [1.29, 1.82) is 0 Å². The Kier molecular flexibility index (Phi) is 3.78. The predicted molar refractivity (Wildman–Crippen MR) is 86.9 cm³/mol. The van der Waals surface area contributed by atoms with Gasteiger partial charge in [0, 0.05) is 19.1 Å². The van der Waals surface area contributed by atoms with E-state index in [2.05, 4.69) is 25.7 Å². The average Bonchev–Trinajstić information content (AvgIpc) is 2.48. The van der Waals surface area contributed by atoms with Crippen molar-refractivity contribution in [3.63, 3.8) is 0 Å². The zero-order valence-electron chi connectivity index (χ0n) is 13.7. The maximum absolute atomic E-state index is 12.5. The number of benzene rings is 1. The van der Waals surface area contributed by atoms with Crippen LogP contribution in [0.25, 0.3) is 10.9 Å². The van der Waals surface area contributed by atoms with Crippen molar-refractivity contribution in [3.05, 3.63) is 40.4 Å². The van der Waals surface area contributed by atoms with E-state index in [1.807, 2.05) is 24.3 Å². The van der Waals surface area contributed by atoms with Crippen LogP contribution >= 0.6 is 0 Å². The van der Waals surface area contributed by atoms with Gasteiger partial charge in [0.15, 0.2) is 0 Å². The second-order valence-electron chi connectivity index (χ2n) is 6.72. The average molecular weight is 301 g/mol. The molecule has 2 heterocycles. The van der Waals surface area contributed by atoms with Gasteiger partial charge < -0.3 is 4.74 Å². The van der Waals surface area contributed by atoms with Crippen LogP contribution in [-0.2, 0) is 18.3 Å². The number of rotatable bonds is 2. The van der Waals surface area contributed by atoms with Crippen LogP contribution in [-0.4, -0.2) is 39.2 Å². The summed E-state index contributed by atoms with van der Waals surface area (Å²) in [6, 6.07) is 7.51. The highest BCUT2D eigenvalue weighted by molar-refractivity contribution is 5.77. The molecule has 0 N–H and O–H groups in total. The fourth-order valence-corrected chi connectivity index (χ4v) is 2.90. The minimum absolute atomic E-state index is 0.0136. The molecule has 1 aliphatic heterocycles. The van der Waals surface area contributed by atoms with Crippen LogP contribution in [0.5, 0.6) is 0 Å². The van der Waals surface area contributed by atoms with Gasteiger partial charge in [0.1, 0.15) is 5.82 Å². The Hall–Kier alpha value is -1.72. The largest absolute Gasteiger partial charge is 0.375 e. The number of para-hydroxylation sites is 1. The van der Waals surface area contributed by atoms with Crippen LogP contribution in [0.1, 0.15) is 26.6 Å². The van der Waals surface area contributed by atoms with E-state index < -0.39 is 0 Å². The van der Waals surface area contributed by atoms with Crippen molar-refractivity contribution in [1.82, 2.24) is 14.5 Å². The molecule has 1 aromatic carbocycles. The third-order valence-electron chi connectivity index (χ3n) is 4.46. The quantitative estimate of drug-likeness (QED) is 0.850. The van der Waals surface area contributed by atoms with Gasteiger partial charge in [-0.2, -0.15) is 0 Å². The molecule has 0 aliphatic carbocycles. The molecule has 1 fully saturated rings. The number of fused-ring (bicyclic) bond motifs is 1. The summed E-state index contributed by atoms with van der Waals surface area (Å²) in [5, 5.41) is 0.670. The van der Waals surface area contributed by atoms with E-state index in [0.29, 0.717) is 18.5 Å². The normalized spacial score (nSPS) is 22.1. The van der Waals surface area contributed by atoms with Crippen molar-refractivity contribution in [3.8, 4) is 0 Å². The highest BCUT2D eigenvalue weighted by Gasteiger charge is 2.34. The van der Waals surface area contributed by atoms with E-state index in [1.54, 1.807) is 11.6 Å². The smallest absolute Gasteiger partial charge is 0.261 e. The molecule has 0 amide bonds. The van der Waals surface area contributed by atoms with E-state index in [0.717, 1.165) is 17.9 Å². The molecule has 1 aliphatic rings. The van der Waals surface area contributed by atoms with E-state index in [4.69, 9.17) is 9.72 Å². The van der Waals surface area contributed by atoms with Gasteiger partial charge in [0.25, 0.3) is 5.56 Å². The molecule has 0 spiro atoms. The maximum atomic E-state index is 12.5. The highest BCUT2D eigenvalue weighted by Crippen LogP contribution is 2.23. The first-order valence-electron chi connectivity index (χ1n) is 7.70. The van der Waals surface area contributed by atoms with Crippen molar-refractivity contribution in [2.45, 2.75) is 39.0 Å². The number of ether oxygens (including phenoxy) is 1. The second-order valence-corrected chi connectivity index (χ2v) is 6.72. The third kappa shape index (κ3) is 2.66. The van der Waals surface area contributed by atoms with Gasteiger partial charge in [0.2, 0.25) is 0 Å². The van der Waals surface area contributed by atoms with Gasteiger partial charge in [-0.3, -0.25) is 14.3 Å². The van der Waals surface area contributed by atoms with E-state index in [-0.39, 0.29) is 17.2 Å². The molecule has 5 heteroatoms. The standard InChI is InChI=1S/C17H23N3O2/c1-12-9-20(17(2,3)11-22-12)10-15-18-14-8-6-5-7-13(14)16(21)19(15)4/h5-8,12H,9-11H2,1-4H3/t12-/m1/s1. The molecule has 1 atom stereocenters. The second kappa shape index (κ2) is 5.48. The first kappa shape index (κ1) is 15.2. The predicted octanol–water partition coefficient (Wildman–Crippen LogP) is 1.93. The van der Waals surface area contributed by atoms with Crippen molar-refractivity contribution in [2.75, 3.05) is 13.2 Å². The zero-order valence-corrected chi connectivity index (χ0v) is 13.7.